The number of carboxylic acid groups (broad SMARTS) is 1. The van der Waals surface area contributed by atoms with Gasteiger partial charge in [-0.1, -0.05) is 0 Å². The average Bonchev–Trinajstić information content (AvgIpc) is 2.55. The molecular weight excluding hydrogens is 208 g/mol. The molecule has 1 amide bonds. The van der Waals surface area contributed by atoms with Gasteiger partial charge in [0.2, 0.25) is 0 Å². The molecule has 0 aliphatic rings. The highest BCUT2D eigenvalue weighted by atomic mass is 16.4. The maximum atomic E-state index is 12.0. The SMILES string of the molecule is CCN(CC(=O)O)C(=O)c1ccc(C)n1C. The minimum Gasteiger partial charge on any atom is -0.480 e. The van der Waals surface area contributed by atoms with E-state index >= 15 is 0 Å². The number of carbonyl (C=O) groups is 2. The van der Waals surface area contributed by atoms with Gasteiger partial charge in [-0.2, -0.15) is 0 Å². The van der Waals surface area contributed by atoms with Gasteiger partial charge < -0.3 is 14.6 Å². The van der Waals surface area contributed by atoms with Gasteiger partial charge in [0.15, 0.2) is 0 Å². The lowest BCUT2D eigenvalue weighted by molar-refractivity contribution is -0.137. The Morgan fingerprint density at radius 2 is 2.06 bits per heavy atom. The predicted molar refractivity (Wildman–Crippen MR) is 59.4 cm³/mol. The van der Waals surface area contributed by atoms with Crippen molar-refractivity contribution in [3.8, 4) is 0 Å². The first kappa shape index (κ1) is 12.3. The summed E-state index contributed by atoms with van der Waals surface area (Å²) in [6.07, 6.45) is 0. The van der Waals surface area contributed by atoms with E-state index in [1.807, 2.05) is 13.0 Å². The first-order chi connectivity index (χ1) is 7.47. The Morgan fingerprint density at radius 3 is 2.44 bits per heavy atom. The summed E-state index contributed by atoms with van der Waals surface area (Å²) in [6, 6.07) is 3.55. The van der Waals surface area contributed by atoms with Crippen molar-refractivity contribution in [2.24, 2.45) is 7.05 Å². The van der Waals surface area contributed by atoms with E-state index < -0.39 is 5.97 Å². The van der Waals surface area contributed by atoms with Crippen molar-refractivity contribution in [3.63, 3.8) is 0 Å². The predicted octanol–water partition coefficient (Wildman–Crippen LogP) is 0.880. The van der Waals surface area contributed by atoms with Crippen LogP contribution in [-0.4, -0.2) is 39.5 Å². The highest BCUT2D eigenvalue weighted by molar-refractivity contribution is 5.94. The van der Waals surface area contributed by atoms with Crippen molar-refractivity contribution in [2.45, 2.75) is 13.8 Å². The number of likely N-dealkylation sites (N-methyl/N-ethyl adjacent to an activating group) is 1. The Labute approximate surface area is 94.3 Å². The quantitative estimate of drug-likeness (QED) is 0.825. The third kappa shape index (κ3) is 2.42. The summed E-state index contributed by atoms with van der Waals surface area (Å²) in [5.74, 6) is -1.25. The van der Waals surface area contributed by atoms with Gasteiger partial charge in [-0.05, 0) is 26.0 Å². The van der Waals surface area contributed by atoms with Gasteiger partial charge in [0.25, 0.3) is 5.91 Å². The molecule has 0 atom stereocenters. The zero-order valence-electron chi connectivity index (χ0n) is 9.73. The number of aryl methyl sites for hydroxylation is 1. The molecule has 1 aromatic heterocycles. The molecule has 0 unspecified atom stereocenters. The highest BCUT2D eigenvalue weighted by Crippen LogP contribution is 2.09. The molecular formula is C11H16N2O3. The summed E-state index contributed by atoms with van der Waals surface area (Å²) in [5, 5.41) is 8.68. The summed E-state index contributed by atoms with van der Waals surface area (Å²) in [7, 11) is 1.79. The van der Waals surface area contributed by atoms with Crippen molar-refractivity contribution in [2.75, 3.05) is 13.1 Å². The molecule has 0 bridgehead atoms. The Hall–Kier alpha value is -1.78. The topological polar surface area (TPSA) is 62.5 Å². The van der Waals surface area contributed by atoms with Crippen LogP contribution in [0.1, 0.15) is 23.1 Å². The van der Waals surface area contributed by atoms with E-state index in [0.717, 1.165) is 5.69 Å². The molecule has 0 aliphatic heterocycles. The Balaban J connectivity index is 2.91. The first-order valence-corrected chi connectivity index (χ1v) is 5.10. The lowest BCUT2D eigenvalue weighted by Crippen LogP contribution is -2.36. The van der Waals surface area contributed by atoms with Crippen molar-refractivity contribution in [1.82, 2.24) is 9.47 Å². The van der Waals surface area contributed by atoms with Crippen LogP contribution in [-0.2, 0) is 11.8 Å². The average molecular weight is 224 g/mol. The summed E-state index contributed by atoms with van der Waals surface area (Å²) < 4.78 is 1.76. The molecule has 0 saturated heterocycles. The van der Waals surface area contributed by atoms with E-state index in [0.29, 0.717) is 12.2 Å². The fourth-order valence-corrected chi connectivity index (χ4v) is 1.48. The number of carbonyl (C=O) groups excluding carboxylic acids is 1. The van der Waals surface area contributed by atoms with Crippen molar-refractivity contribution in [3.05, 3.63) is 23.5 Å². The molecule has 0 fully saturated rings. The minimum absolute atomic E-state index is 0.250. The molecule has 88 valence electrons. The maximum Gasteiger partial charge on any atom is 0.323 e. The van der Waals surface area contributed by atoms with Crippen molar-refractivity contribution >= 4 is 11.9 Å². The molecule has 1 N–H and O–H groups in total. The highest BCUT2D eigenvalue weighted by Gasteiger charge is 2.19. The Bertz CT molecular complexity index is 409. The van der Waals surface area contributed by atoms with Crippen LogP contribution in [0, 0.1) is 6.92 Å². The number of hydrogen-bond donors (Lipinski definition) is 1. The van der Waals surface area contributed by atoms with Crippen molar-refractivity contribution < 1.29 is 14.7 Å². The number of amides is 1. The van der Waals surface area contributed by atoms with E-state index in [2.05, 4.69) is 0 Å². The standard InChI is InChI=1S/C11H16N2O3/c1-4-13(7-10(14)15)11(16)9-6-5-8(2)12(9)3/h5-6H,4,7H2,1-3H3,(H,14,15). The summed E-state index contributed by atoms with van der Waals surface area (Å²) in [5.41, 5.74) is 1.48. The van der Waals surface area contributed by atoms with Gasteiger partial charge in [-0.15, -0.1) is 0 Å². The van der Waals surface area contributed by atoms with Crippen LogP contribution < -0.4 is 0 Å². The van der Waals surface area contributed by atoms with Crippen LogP contribution in [0.4, 0.5) is 0 Å². The normalized spacial score (nSPS) is 10.2. The van der Waals surface area contributed by atoms with Crippen molar-refractivity contribution in [1.29, 1.82) is 0 Å². The number of hydrogen-bond acceptors (Lipinski definition) is 2. The molecule has 0 spiro atoms. The van der Waals surface area contributed by atoms with Gasteiger partial charge in [-0.25, -0.2) is 0 Å². The minimum atomic E-state index is -0.999. The first-order valence-electron chi connectivity index (χ1n) is 5.10. The Morgan fingerprint density at radius 1 is 1.44 bits per heavy atom. The molecule has 0 radical (unpaired) electrons. The second kappa shape index (κ2) is 4.83. The molecule has 0 saturated carbocycles. The van der Waals surface area contributed by atoms with Gasteiger partial charge in [0.05, 0.1) is 0 Å². The molecule has 1 aromatic rings. The molecule has 0 aliphatic carbocycles. The molecule has 16 heavy (non-hydrogen) atoms. The van der Waals surface area contributed by atoms with Gasteiger partial charge in [-0.3, -0.25) is 9.59 Å². The lowest BCUT2D eigenvalue weighted by Gasteiger charge is -2.18. The summed E-state index contributed by atoms with van der Waals surface area (Å²) >= 11 is 0. The fourth-order valence-electron chi connectivity index (χ4n) is 1.48. The van der Waals surface area contributed by atoms with Gasteiger partial charge >= 0.3 is 5.97 Å². The van der Waals surface area contributed by atoms with Crippen LogP contribution >= 0.6 is 0 Å². The largest absolute Gasteiger partial charge is 0.480 e. The zero-order valence-corrected chi connectivity index (χ0v) is 9.73. The second-order valence-corrected chi connectivity index (χ2v) is 3.63. The number of aromatic nitrogens is 1. The fraction of sp³-hybridized carbons (Fsp3) is 0.455. The molecule has 1 rings (SSSR count). The van der Waals surface area contributed by atoms with Crippen LogP contribution in [0.25, 0.3) is 0 Å². The van der Waals surface area contributed by atoms with Gasteiger partial charge in [0, 0.05) is 19.3 Å². The third-order valence-corrected chi connectivity index (χ3v) is 2.59. The number of rotatable bonds is 4. The third-order valence-electron chi connectivity index (χ3n) is 2.59. The van der Waals surface area contributed by atoms with E-state index in [-0.39, 0.29) is 12.5 Å². The van der Waals surface area contributed by atoms with Gasteiger partial charge in [0.1, 0.15) is 12.2 Å². The van der Waals surface area contributed by atoms with Crippen LogP contribution in [0.2, 0.25) is 0 Å². The smallest absolute Gasteiger partial charge is 0.323 e. The Kier molecular flexibility index (Phi) is 3.71. The van der Waals surface area contributed by atoms with E-state index in [4.69, 9.17) is 5.11 Å². The number of nitrogens with zero attached hydrogens (tertiary/aromatic N) is 2. The summed E-state index contributed by atoms with van der Waals surface area (Å²) in [6.45, 7) is 3.77. The van der Waals surface area contributed by atoms with E-state index in [9.17, 15) is 9.59 Å². The lowest BCUT2D eigenvalue weighted by atomic mass is 10.3. The maximum absolute atomic E-state index is 12.0. The van der Waals surface area contributed by atoms with E-state index in [1.165, 1.54) is 4.90 Å². The van der Waals surface area contributed by atoms with Crippen LogP contribution in [0.5, 0.6) is 0 Å². The van der Waals surface area contributed by atoms with Crippen LogP contribution in [0.15, 0.2) is 12.1 Å². The number of carboxylic acids is 1. The number of aliphatic carboxylic acids is 1. The molecule has 0 aromatic carbocycles. The molecule has 5 heteroatoms. The second-order valence-electron chi connectivity index (χ2n) is 3.63. The monoisotopic (exact) mass is 224 g/mol. The molecule has 5 nitrogen and oxygen atoms in total. The van der Waals surface area contributed by atoms with E-state index in [1.54, 1.807) is 24.6 Å². The van der Waals surface area contributed by atoms with Crippen LogP contribution in [0.3, 0.4) is 0 Å². The zero-order chi connectivity index (χ0) is 12.3. The summed E-state index contributed by atoms with van der Waals surface area (Å²) in [4.78, 5) is 23.9. The molecule has 1 heterocycles.